The number of nitrogens with zero attached hydrogens (tertiary/aromatic N) is 1. The molecule has 0 N–H and O–H groups in total. The highest BCUT2D eigenvalue weighted by atomic mass is 32.1. The van der Waals surface area contributed by atoms with Gasteiger partial charge in [0.1, 0.15) is 0 Å². The van der Waals surface area contributed by atoms with Gasteiger partial charge in [-0.2, -0.15) is 0 Å². The molecule has 0 spiro atoms. The smallest absolute Gasteiger partial charge is 0.0797 e. The minimum absolute atomic E-state index is 0.935. The third kappa shape index (κ3) is 1.95. The number of rotatable bonds is 1. The van der Waals surface area contributed by atoms with Crippen molar-refractivity contribution in [2.45, 2.75) is 13.3 Å². The van der Waals surface area contributed by atoms with Crippen LogP contribution in [0.1, 0.15) is 16.2 Å². The molecule has 0 radical (unpaired) electrons. The van der Waals surface area contributed by atoms with Crippen LogP contribution in [0.3, 0.4) is 0 Å². The average molecular weight is 189 g/mol. The minimum Gasteiger partial charge on any atom is -0.259 e. The predicted molar refractivity (Wildman–Crippen MR) is 59.3 cm³/mol. The lowest BCUT2D eigenvalue weighted by molar-refractivity contribution is 1.51. The van der Waals surface area contributed by atoms with E-state index in [4.69, 9.17) is 0 Å². The highest BCUT2D eigenvalue weighted by Crippen LogP contribution is 2.25. The van der Waals surface area contributed by atoms with Gasteiger partial charge in [0.2, 0.25) is 0 Å². The van der Waals surface area contributed by atoms with E-state index in [2.05, 4.69) is 42.3 Å². The molecule has 0 saturated carbocycles. The van der Waals surface area contributed by atoms with Crippen molar-refractivity contribution in [2.24, 2.45) is 4.99 Å². The van der Waals surface area contributed by atoms with E-state index in [1.807, 2.05) is 6.21 Å². The van der Waals surface area contributed by atoms with Crippen LogP contribution in [0.25, 0.3) is 5.70 Å². The fraction of sp³-hybridized carbons (Fsp3) is 0.182. The summed E-state index contributed by atoms with van der Waals surface area (Å²) >= 11 is 1.79. The van der Waals surface area contributed by atoms with Gasteiger partial charge in [-0.25, -0.2) is 0 Å². The first-order valence-electron chi connectivity index (χ1n) is 4.32. The first kappa shape index (κ1) is 8.45. The normalized spacial score (nSPS) is 15.6. The number of hydrogen-bond acceptors (Lipinski definition) is 2. The molecule has 1 aromatic rings. The Morgan fingerprint density at radius 1 is 1.38 bits per heavy atom. The van der Waals surface area contributed by atoms with Gasteiger partial charge in [-0.3, -0.25) is 4.99 Å². The Morgan fingerprint density at radius 3 is 3.08 bits per heavy atom. The predicted octanol–water partition coefficient (Wildman–Crippen LogP) is 3.43. The van der Waals surface area contributed by atoms with Crippen molar-refractivity contribution in [3.05, 3.63) is 40.1 Å². The van der Waals surface area contributed by atoms with Gasteiger partial charge in [-0.1, -0.05) is 12.2 Å². The van der Waals surface area contributed by atoms with Gasteiger partial charge >= 0.3 is 0 Å². The topological polar surface area (TPSA) is 12.4 Å². The fourth-order valence-corrected chi connectivity index (χ4v) is 2.06. The zero-order valence-corrected chi connectivity index (χ0v) is 8.34. The summed E-state index contributed by atoms with van der Waals surface area (Å²) in [6, 6.07) is 4.26. The van der Waals surface area contributed by atoms with Crippen LogP contribution >= 0.6 is 11.3 Å². The van der Waals surface area contributed by atoms with E-state index in [0.717, 1.165) is 12.1 Å². The van der Waals surface area contributed by atoms with Crippen LogP contribution in [0.4, 0.5) is 0 Å². The van der Waals surface area contributed by atoms with Gasteiger partial charge in [-0.05, 0) is 25.1 Å². The second-order valence-corrected chi connectivity index (χ2v) is 4.23. The van der Waals surface area contributed by atoms with Gasteiger partial charge < -0.3 is 0 Å². The van der Waals surface area contributed by atoms with Crippen molar-refractivity contribution in [3.8, 4) is 0 Å². The van der Waals surface area contributed by atoms with Crippen LogP contribution in [0.2, 0.25) is 0 Å². The molecule has 0 unspecified atom stereocenters. The Labute approximate surface area is 82.1 Å². The van der Waals surface area contributed by atoms with Gasteiger partial charge in [0, 0.05) is 17.5 Å². The molecule has 2 heteroatoms. The molecule has 0 aliphatic carbocycles. The summed E-state index contributed by atoms with van der Waals surface area (Å²) in [5.74, 6) is 0. The van der Waals surface area contributed by atoms with Gasteiger partial charge in [-0.15, -0.1) is 11.3 Å². The van der Waals surface area contributed by atoms with E-state index in [0.29, 0.717) is 0 Å². The molecule has 0 amide bonds. The van der Waals surface area contributed by atoms with Crippen LogP contribution in [0.5, 0.6) is 0 Å². The molecule has 0 fully saturated rings. The van der Waals surface area contributed by atoms with Crippen LogP contribution in [0.15, 0.2) is 35.4 Å². The summed E-state index contributed by atoms with van der Waals surface area (Å²) in [6.07, 6.45) is 9.12. The van der Waals surface area contributed by atoms with Gasteiger partial charge in [0.15, 0.2) is 0 Å². The Bertz CT molecular complexity index is 383. The van der Waals surface area contributed by atoms with Crippen molar-refractivity contribution in [1.29, 1.82) is 0 Å². The molecule has 1 nitrogen and oxygen atoms in total. The molecule has 1 aromatic heterocycles. The second-order valence-electron chi connectivity index (χ2n) is 2.94. The largest absolute Gasteiger partial charge is 0.259 e. The summed E-state index contributed by atoms with van der Waals surface area (Å²) in [6.45, 7) is 2.12. The van der Waals surface area contributed by atoms with Crippen molar-refractivity contribution >= 4 is 23.2 Å². The lowest BCUT2D eigenvalue weighted by Crippen LogP contribution is -1.73. The Balaban J connectivity index is 2.35. The van der Waals surface area contributed by atoms with E-state index < -0.39 is 0 Å². The molecule has 0 aromatic carbocycles. The molecule has 13 heavy (non-hydrogen) atoms. The molecule has 0 saturated heterocycles. The quantitative estimate of drug-likeness (QED) is 0.642. The number of aliphatic imine (C=N–C) groups is 1. The SMILES string of the molecule is Cc1ccc(C2=CC=CCC=N2)s1. The van der Waals surface area contributed by atoms with Crippen molar-refractivity contribution in [2.75, 3.05) is 0 Å². The Kier molecular flexibility index (Phi) is 2.41. The highest BCUT2D eigenvalue weighted by molar-refractivity contribution is 7.13. The summed E-state index contributed by atoms with van der Waals surface area (Å²) in [5, 5.41) is 0. The number of thiophene rings is 1. The van der Waals surface area contributed by atoms with E-state index >= 15 is 0 Å². The summed E-state index contributed by atoms with van der Waals surface area (Å²) in [7, 11) is 0. The maximum atomic E-state index is 4.39. The summed E-state index contributed by atoms with van der Waals surface area (Å²) in [5.41, 5.74) is 1.08. The van der Waals surface area contributed by atoms with Crippen molar-refractivity contribution in [3.63, 3.8) is 0 Å². The third-order valence-electron chi connectivity index (χ3n) is 1.85. The first-order chi connectivity index (χ1) is 6.36. The Morgan fingerprint density at radius 2 is 2.31 bits per heavy atom. The maximum absolute atomic E-state index is 4.39. The summed E-state index contributed by atoms with van der Waals surface area (Å²) < 4.78 is 0. The number of hydrogen-bond donors (Lipinski definition) is 0. The number of aryl methyl sites for hydroxylation is 1. The standard InChI is InChI=1S/C11H11NS/c1-9-6-7-11(13-9)10-5-3-2-4-8-12-10/h2-3,5-8H,4H2,1H3. The second kappa shape index (κ2) is 3.71. The monoisotopic (exact) mass is 189 g/mol. The molecule has 2 heterocycles. The average Bonchev–Trinajstić information content (AvgIpc) is 2.43. The third-order valence-corrected chi connectivity index (χ3v) is 2.88. The van der Waals surface area contributed by atoms with Crippen LogP contribution in [-0.4, -0.2) is 6.21 Å². The lowest BCUT2D eigenvalue weighted by atomic mass is 10.3. The van der Waals surface area contributed by atoms with Gasteiger partial charge in [0.05, 0.1) is 10.6 Å². The highest BCUT2D eigenvalue weighted by Gasteiger charge is 2.01. The van der Waals surface area contributed by atoms with E-state index in [9.17, 15) is 0 Å². The zero-order chi connectivity index (χ0) is 9.10. The molecule has 0 atom stereocenters. The number of allylic oxidation sites excluding steroid dienone is 3. The molecular formula is C11H11NS. The molecular weight excluding hydrogens is 178 g/mol. The molecule has 0 bridgehead atoms. The van der Waals surface area contributed by atoms with Crippen molar-refractivity contribution in [1.82, 2.24) is 0 Å². The minimum atomic E-state index is 0.935. The molecule has 2 rings (SSSR count). The fourth-order valence-electron chi connectivity index (χ4n) is 1.21. The van der Waals surface area contributed by atoms with Crippen LogP contribution in [-0.2, 0) is 0 Å². The van der Waals surface area contributed by atoms with Crippen LogP contribution in [0, 0.1) is 6.92 Å². The summed E-state index contributed by atoms with van der Waals surface area (Å²) in [4.78, 5) is 6.97. The van der Waals surface area contributed by atoms with Gasteiger partial charge in [0.25, 0.3) is 0 Å². The van der Waals surface area contributed by atoms with E-state index in [1.54, 1.807) is 11.3 Å². The molecule has 1 aliphatic heterocycles. The molecule has 1 aliphatic rings. The molecule has 66 valence electrons. The van der Waals surface area contributed by atoms with Crippen LogP contribution < -0.4 is 0 Å². The van der Waals surface area contributed by atoms with E-state index in [-0.39, 0.29) is 0 Å². The van der Waals surface area contributed by atoms with Crippen molar-refractivity contribution < 1.29 is 0 Å². The zero-order valence-electron chi connectivity index (χ0n) is 7.53. The lowest BCUT2D eigenvalue weighted by Gasteiger charge is -1.93. The first-order valence-corrected chi connectivity index (χ1v) is 5.14. The van der Waals surface area contributed by atoms with E-state index in [1.165, 1.54) is 9.75 Å². The maximum Gasteiger partial charge on any atom is 0.0797 e. The Hall–Kier alpha value is -1.15.